The predicted octanol–water partition coefficient (Wildman–Crippen LogP) is 2.27. The van der Waals surface area contributed by atoms with Crippen molar-refractivity contribution in [2.24, 2.45) is 5.73 Å². The Hall–Kier alpha value is -2.44. The molecule has 2 heterocycles. The van der Waals surface area contributed by atoms with Crippen molar-refractivity contribution in [3.8, 4) is 0 Å². The third-order valence-electron chi connectivity index (χ3n) is 3.90. The van der Waals surface area contributed by atoms with Crippen molar-refractivity contribution in [3.63, 3.8) is 0 Å². The fourth-order valence-electron chi connectivity index (χ4n) is 2.43. The number of anilines is 3. The Kier molecular flexibility index (Phi) is 4.55. The molecule has 1 aromatic carbocycles. The summed E-state index contributed by atoms with van der Waals surface area (Å²) >= 11 is 0. The van der Waals surface area contributed by atoms with E-state index in [2.05, 4.69) is 15.6 Å². The maximum atomic E-state index is 12.3. The highest BCUT2D eigenvalue weighted by Gasteiger charge is 2.35. The summed E-state index contributed by atoms with van der Waals surface area (Å²) in [6.07, 6.45) is 2.67. The highest BCUT2D eigenvalue weighted by Crippen LogP contribution is 2.21. The van der Waals surface area contributed by atoms with Gasteiger partial charge in [0.15, 0.2) is 0 Å². The first-order chi connectivity index (χ1) is 11.2. The minimum Gasteiger partial charge on any atom is -0.381 e. The van der Waals surface area contributed by atoms with Gasteiger partial charge in [0.05, 0.1) is 11.9 Å². The van der Waals surface area contributed by atoms with Crippen LogP contribution in [0, 0.1) is 0 Å². The van der Waals surface area contributed by atoms with Crippen molar-refractivity contribution >= 4 is 23.1 Å². The quantitative estimate of drug-likeness (QED) is 0.806. The molecule has 120 valence electrons. The SMILES string of the molecule is NC1(C(=O)Nc2ccc(Nc3ccccc3)nc2)CCOCC1. The smallest absolute Gasteiger partial charge is 0.244 e. The van der Waals surface area contributed by atoms with E-state index in [0.717, 1.165) is 5.69 Å². The lowest BCUT2D eigenvalue weighted by molar-refractivity contribution is -0.124. The first-order valence-corrected chi connectivity index (χ1v) is 7.62. The fourth-order valence-corrected chi connectivity index (χ4v) is 2.43. The van der Waals surface area contributed by atoms with Gasteiger partial charge >= 0.3 is 0 Å². The van der Waals surface area contributed by atoms with Crippen LogP contribution < -0.4 is 16.4 Å². The van der Waals surface area contributed by atoms with Crippen molar-refractivity contribution < 1.29 is 9.53 Å². The second-order valence-electron chi connectivity index (χ2n) is 5.65. The van der Waals surface area contributed by atoms with Crippen LogP contribution in [0.15, 0.2) is 48.7 Å². The average molecular weight is 312 g/mol. The van der Waals surface area contributed by atoms with Crippen LogP contribution in [0.1, 0.15) is 12.8 Å². The molecule has 6 nitrogen and oxygen atoms in total. The van der Waals surface area contributed by atoms with Gasteiger partial charge < -0.3 is 21.1 Å². The molecule has 23 heavy (non-hydrogen) atoms. The molecule has 0 radical (unpaired) electrons. The maximum Gasteiger partial charge on any atom is 0.244 e. The second-order valence-corrected chi connectivity index (χ2v) is 5.65. The maximum absolute atomic E-state index is 12.3. The first kappa shape index (κ1) is 15.5. The lowest BCUT2D eigenvalue weighted by atomic mass is 9.90. The number of hydrogen-bond donors (Lipinski definition) is 3. The zero-order chi connectivity index (χ0) is 16.1. The topological polar surface area (TPSA) is 89.3 Å². The van der Waals surface area contributed by atoms with Crippen molar-refractivity contribution in [2.45, 2.75) is 18.4 Å². The van der Waals surface area contributed by atoms with Gasteiger partial charge in [0.2, 0.25) is 5.91 Å². The lowest BCUT2D eigenvalue weighted by Crippen LogP contribution is -2.54. The number of carbonyl (C=O) groups is 1. The number of nitrogens with one attached hydrogen (secondary N) is 2. The Bertz CT molecular complexity index is 652. The van der Waals surface area contributed by atoms with Gasteiger partial charge in [-0.2, -0.15) is 0 Å². The summed E-state index contributed by atoms with van der Waals surface area (Å²) in [5.41, 5.74) is 6.88. The Morgan fingerprint density at radius 3 is 2.48 bits per heavy atom. The van der Waals surface area contributed by atoms with E-state index in [-0.39, 0.29) is 5.91 Å². The number of aromatic nitrogens is 1. The standard InChI is InChI=1S/C17H20N4O2/c18-17(8-10-23-11-9-17)16(22)21-14-6-7-15(19-12-14)20-13-4-2-1-3-5-13/h1-7,12H,8-11,18H2,(H,19,20)(H,21,22). The molecule has 1 aliphatic rings. The van der Waals surface area contributed by atoms with Crippen LogP contribution in [0.2, 0.25) is 0 Å². The molecule has 0 aliphatic carbocycles. The third kappa shape index (κ3) is 3.85. The number of ether oxygens (including phenoxy) is 1. The summed E-state index contributed by atoms with van der Waals surface area (Å²) in [4.78, 5) is 16.6. The Balaban J connectivity index is 1.62. The van der Waals surface area contributed by atoms with Crippen LogP contribution in [-0.2, 0) is 9.53 Å². The Morgan fingerprint density at radius 2 is 1.83 bits per heavy atom. The van der Waals surface area contributed by atoms with Gasteiger partial charge in [0, 0.05) is 18.9 Å². The van der Waals surface area contributed by atoms with Crippen LogP contribution in [-0.4, -0.2) is 29.6 Å². The van der Waals surface area contributed by atoms with Crippen molar-refractivity contribution in [3.05, 3.63) is 48.7 Å². The highest BCUT2D eigenvalue weighted by molar-refractivity contribution is 5.98. The fraction of sp³-hybridized carbons (Fsp3) is 0.294. The van der Waals surface area contributed by atoms with Gasteiger partial charge in [-0.1, -0.05) is 18.2 Å². The van der Waals surface area contributed by atoms with E-state index in [1.807, 2.05) is 36.4 Å². The Morgan fingerprint density at radius 1 is 1.09 bits per heavy atom. The number of carbonyl (C=O) groups excluding carboxylic acids is 1. The van der Waals surface area contributed by atoms with E-state index >= 15 is 0 Å². The number of pyridine rings is 1. The van der Waals surface area contributed by atoms with Gasteiger partial charge in [-0.05, 0) is 37.1 Å². The monoisotopic (exact) mass is 312 g/mol. The van der Waals surface area contributed by atoms with Crippen molar-refractivity contribution in [1.82, 2.24) is 4.98 Å². The molecule has 0 atom stereocenters. The number of hydrogen-bond acceptors (Lipinski definition) is 5. The van der Waals surface area contributed by atoms with Crippen LogP contribution in [0.5, 0.6) is 0 Å². The molecular weight excluding hydrogens is 292 g/mol. The molecule has 1 fully saturated rings. The molecule has 4 N–H and O–H groups in total. The molecule has 0 saturated carbocycles. The Labute approximate surface area is 135 Å². The van der Waals surface area contributed by atoms with Gasteiger partial charge in [-0.3, -0.25) is 4.79 Å². The number of benzene rings is 1. The molecule has 3 rings (SSSR count). The number of nitrogens with two attached hydrogens (primary N) is 1. The average Bonchev–Trinajstić information content (AvgIpc) is 2.58. The molecule has 2 aromatic rings. The molecule has 6 heteroatoms. The van der Waals surface area contributed by atoms with Crippen LogP contribution in [0.25, 0.3) is 0 Å². The number of nitrogens with zero attached hydrogens (tertiary/aromatic N) is 1. The summed E-state index contributed by atoms with van der Waals surface area (Å²) in [5.74, 6) is 0.522. The number of amides is 1. The highest BCUT2D eigenvalue weighted by atomic mass is 16.5. The van der Waals surface area contributed by atoms with E-state index in [4.69, 9.17) is 10.5 Å². The number of para-hydroxylation sites is 1. The first-order valence-electron chi connectivity index (χ1n) is 7.62. The lowest BCUT2D eigenvalue weighted by Gasteiger charge is -2.31. The predicted molar refractivity (Wildman–Crippen MR) is 89.6 cm³/mol. The van der Waals surface area contributed by atoms with Crippen LogP contribution in [0.3, 0.4) is 0 Å². The van der Waals surface area contributed by atoms with Gasteiger partial charge in [0.1, 0.15) is 11.4 Å². The van der Waals surface area contributed by atoms with Gasteiger partial charge in [0.25, 0.3) is 0 Å². The molecule has 0 bridgehead atoms. The molecule has 1 aliphatic heterocycles. The van der Waals surface area contributed by atoms with Gasteiger partial charge in [-0.25, -0.2) is 4.98 Å². The molecular formula is C17H20N4O2. The summed E-state index contributed by atoms with van der Waals surface area (Å²) in [6, 6.07) is 13.4. The molecule has 1 amide bonds. The van der Waals surface area contributed by atoms with E-state index < -0.39 is 5.54 Å². The van der Waals surface area contributed by atoms with Crippen molar-refractivity contribution in [2.75, 3.05) is 23.8 Å². The van der Waals surface area contributed by atoms with E-state index in [1.165, 1.54) is 0 Å². The largest absolute Gasteiger partial charge is 0.381 e. The van der Waals surface area contributed by atoms with E-state index in [1.54, 1.807) is 12.3 Å². The van der Waals surface area contributed by atoms with Crippen LogP contribution in [0.4, 0.5) is 17.2 Å². The zero-order valence-corrected chi connectivity index (χ0v) is 12.8. The zero-order valence-electron chi connectivity index (χ0n) is 12.8. The molecule has 1 saturated heterocycles. The second kappa shape index (κ2) is 6.76. The van der Waals surface area contributed by atoms with Gasteiger partial charge in [-0.15, -0.1) is 0 Å². The minimum atomic E-state index is -0.862. The summed E-state index contributed by atoms with van der Waals surface area (Å²) < 4.78 is 5.26. The summed E-state index contributed by atoms with van der Waals surface area (Å²) in [6.45, 7) is 1.03. The third-order valence-corrected chi connectivity index (χ3v) is 3.90. The van der Waals surface area contributed by atoms with E-state index in [0.29, 0.717) is 37.6 Å². The molecule has 0 spiro atoms. The summed E-state index contributed by atoms with van der Waals surface area (Å²) in [5, 5.41) is 6.02. The van der Waals surface area contributed by atoms with Crippen molar-refractivity contribution in [1.29, 1.82) is 0 Å². The minimum absolute atomic E-state index is 0.189. The molecule has 1 aromatic heterocycles. The summed E-state index contributed by atoms with van der Waals surface area (Å²) in [7, 11) is 0. The van der Waals surface area contributed by atoms with E-state index in [9.17, 15) is 4.79 Å². The van der Waals surface area contributed by atoms with Crippen LogP contribution >= 0.6 is 0 Å². The number of rotatable bonds is 4. The normalized spacial score (nSPS) is 16.6. The molecule has 0 unspecified atom stereocenters.